The fourth-order valence-corrected chi connectivity index (χ4v) is 3.11. The fourth-order valence-electron chi connectivity index (χ4n) is 3.11. The van der Waals surface area contributed by atoms with Crippen LogP contribution in [0.2, 0.25) is 0 Å². The quantitative estimate of drug-likeness (QED) is 0.455. The predicted molar refractivity (Wildman–Crippen MR) is 123 cm³/mol. The van der Waals surface area contributed by atoms with E-state index in [1.54, 1.807) is 4.90 Å². The molecule has 1 fully saturated rings. The van der Waals surface area contributed by atoms with Crippen molar-refractivity contribution in [2.24, 2.45) is 21.5 Å². The minimum absolute atomic E-state index is 0.0875. The number of carbonyl (C=O) groups excluding carboxylic acids is 1. The molecule has 1 aromatic rings. The molecule has 2 aliphatic rings. The SMILES string of the molecule is CC1(C)N=C(N)N=C(N)N1c1cccc(CNC(=O)N2CCOCC2)c1.CCS(=O)(=O)O. The summed E-state index contributed by atoms with van der Waals surface area (Å²) in [6.45, 7) is 7.99. The van der Waals surface area contributed by atoms with E-state index in [2.05, 4.69) is 15.3 Å². The molecule has 0 saturated carbocycles. The summed E-state index contributed by atoms with van der Waals surface area (Å²) < 4.78 is 32.2. The van der Waals surface area contributed by atoms with Gasteiger partial charge in [0.15, 0.2) is 0 Å². The summed E-state index contributed by atoms with van der Waals surface area (Å²) in [7, 11) is -3.66. The summed E-state index contributed by atoms with van der Waals surface area (Å²) in [4.78, 5) is 24.2. The topological polar surface area (TPSA) is 176 Å². The van der Waals surface area contributed by atoms with Crippen molar-refractivity contribution in [1.82, 2.24) is 10.2 Å². The Hall–Kier alpha value is -2.90. The van der Waals surface area contributed by atoms with Crippen LogP contribution in [0.3, 0.4) is 0 Å². The lowest BCUT2D eigenvalue weighted by Gasteiger charge is -2.38. The Morgan fingerprint density at radius 2 is 1.91 bits per heavy atom. The number of urea groups is 1. The van der Waals surface area contributed by atoms with Crippen molar-refractivity contribution in [3.05, 3.63) is 29.8 Å². The standard InChI is InChI=1S/C17H25N7O2.C2H6O3S/c1-17(2)22-14(18)21-15(19)24(17)13-5-3-4-12(10-13)11-20-16(25)23-6-8-26-9-7-23;1-2-6(3,4)5/h3-5,10H,6-9,11H2,1-2H3,(H,20,25)(H4,18,19,21,22);2H2,1H3,(H,3,4,5). The average Bonchev–Trinajstić information content (AvgIpc) is 2.71. The van der Waals surface area contributed by atoms with Gasteiger partial charge in [-0.25, -0.2) is 9.79 Å². The highest BCUT2D eigenvalue weighted by Crippen LogP contribution is 2.27. The Labute approximate surface area is 188 Å². The summed E-state index contributed by atoms with van der Waals surface area (Å²) >= 11 is 0. The number of nitrogens with two attached hydrogens (primary N) is 2. The Morgan fingerprint density at radius 1 is 1.28 bits per heavy atom. The summed E-state index contributed by atoms with van der Waals surface area (Å²) in [5, 5.41) is 2.94. The molecule has 13 heteroatoms. The van der Waals surface area contributed by atoms with Gasteiger partial charge in [0, 0.05) is 25.3 Å². The van der Waals surface area contributed by atoms with Gasteiger partial charge in [0.2, 0.25) is 11.9 Å². The second kappa shape index (κ2) is 10.6. The molecule has 12 nitrogen and oxygen atoms in total. The molecule has 2 aliphatic heterocycles. The normalized spacial score (nSPS) is 18.1. The summed E-state index contributed by atoms with van der Waals surface area (Å²) in [5.41, 5.74) is 12.9. The first-order valence-corrected chi connectivity index (χ1v) is 11.7. The van der Waals surface area contributed by atoms with Crippen LogP contribution in [0.15, 0.2) is 34.3 Å². The number of carbonyl (C=O) groups is 1. The first kappa shape index (κ1) is 25.4. The van der Waals surface area contributed by atoms with Gasteiger partial charge in [-0.2, -0.15) is 13.4 Å². The number of amides is 2. The minimum Gasteiger partial charge on any atom is -0.378 e. The van der Waals surface area contributed by atoms with E-state index in [9.17, 15) is 13.2 Å². The lowest BCUT2D eigenvalue weighted by molar-refractivity contribution is 0.0531. The third-order valence-corrected chi connectivity index (χ3v) is 5.40. The number of hydrogen-bond acceptors (Lipinski definition) is 9. The summed E-state index contributed by atoms with van der Waals surface area (Å²) in [6, 6.07) is 7.66. The highest BCUT2D eigenvalue weighted by Gasteiger charge is 2.33. The molecular formula is C19H31N7O5S. The predicted octanol–water partition coefficient (Wildman–Crippen LogP) is 0.308. The first-order chi connectivity index (χ1) is 14.9. The summed E-state index contributed by atoms with van der Waals surface area (Å²) in [5.74, 6) is 0.252. The van der Waals surface area contributed by atoms with Crippen LogP contribution in [0.1, 0.15) is 26.3 Å². The number of nitrogens with zero attached hydrogens (tertiary/aromatic N) is 4. The maximum Gasteiger partial charge on any atom is 0.317 e. The molecule has 0 atom stereocenters. The molecule has 1 aromatic carbocycles. The summed E-state index contributed by atoms with van der Waals surface area (Å²) in [6.07, 6.45) is 0. The molecule has 3 rings (SSSR count). The number of guanidine groups is 2. The maximum absolute atomic E-state index is 12.2. The van der Waals surface area contributed by atoms with Gasteiger partial charge in [-0.05, 0) is 38.5 Å². The van der Waals surface area contributed by atoms with Crippen LogP contribution in [0.4, 0.5) is 10.5 Å². The molecule has 32 heavy (non-hydrogen) atoms. The number of anilines is 1. The molecule has 0 aliphatic carbocycles. The molecule has 0 aromatic heterocycles. The third-order valence-electron chi connectivity index (χ3n) is 4.67. The van der Waals surface area contributed by atoms with Crippen molar-refractivity contribution in [2.75, 3.05) is 37.0 Å². The van der Waals surface area contributed by atoms with Crippen molar-refractivity contribution in [3.63, 3.8) is 0 Å². The molecule has 0 unspecified atom stereocenters. The Bertz CT molecular complexity index is 972. The largest absolute Gasteiger partial charge is 0.378 e. The maximum atomic E-state index is 12.2. The highest BCUT2D eigenvalue weighted by atomic mass is 32.2. The van der Waals surface area contributed by atoms with Gasteiger partial charge >= 0.3 is 6.03 Å². The fraction of sp³-hybridized carbons (Fsp3) is 0.526. The van der Waals surface area contributed by atoms with Gasteiger partial charge in [-0.15, -0.1) is 0 Å². The zero-order valence-corrected chi connectivity index (χ0v) is 19.3. The zero-order valence-electron chi connectivity index (χ0n) is 18.5. The molecule has 6 N–H and O–H groups in total. The molecule has 0 spiro atoms. The van der Waals surface area contributed by atoms with Crippen LogP contribution in [0.5, 0.6) is 0 Å². The van der Waals surface area contributed by atoms with Crippen LogP contribution >= 0.6 is 0 Å². The average molecular weight is 470 g/mol. The first-order valence-electron chi connectivity index (χ1n) is 10.1. The molecule has 2 heterocycles. The molecule has 0 bridgehead atoms. The van der Waals surface area contributed by atoms with Crippen molar-refractivity contribution in [1.29, 1.82) is 0 Å². The molecule has 1 saturated heterocycles. The number of morpholine rings is 1. The number of aliphatic imine (C=N–C) groups is 2. The van der Waals surface area contributed by atoms with Crippen molar-refractivity contribution in [2.45, 2.75) is 33.0 Å². The van der Waals surface area contributed by atoms with E-state index in [0.717, 1.165) is 11.3 Å². The molecule has 0 radical (unpaired) electrons. The monoisotopic (exact) mass is 469 g/mol. The molecule has 178 valence electrons. The van der Waals surface area contributed by atoms with Crippen LogP contribution < -0.4 is 21.7 Å². The Kier molecular flexibility index (Phi) is 8.41. The third kappa shape index (κ3) is 7.35. The van der Waals surface area contributed by atoms with E-state index in [0.29, 0.717) is 32.8 Å². The number of benzene rings is 1. The second-order valence-corrected chi connectivity index (χ2v) is 9.31. The molecular weight excluding hydrogens is 438 g/mol. The van der Waals surface area contributed by atoms with E-state index in [1.807, 2.05) is 43.0 Å². The van der Waals surface area contributed by atoms with Crippen molar-refractivity contribution in [3.8, 4) is 0 Å². The lowest BCUT2D eigenvalue weighted by atomic mass is 10.1. The van der Waals surface area contributed by atoms with Crippen LogP contribution in [0, 0.1) is 0 Å². The van der Waals surface area contributed by atoms with Gasteiger partial charge in [0.05, 0.1) is 19.0 Å². The Balaban J connectivity index is 0.000000534. The smallest absolute Gasteiger partial charge is 0.317 e. The van der Waals surface area contributed by atoms with E-state index < -0.39 is 15.8 Å². The van der Waals surface area contributed by atoms with Gasteiger partial charge in [0.25, 0.3) is 10.1 Å². The van der Waals surface area contributed by atoms with Gasteiger partial charge < -0.3 is 26.4 Å². The lowest BCUT2D eigenvalue weighted by Crippen LogP contribution is -2.54. The van der Waals surface area contributed by atoms with E-state index in [1.165, 1.54) is 6.92 Å². The number of nitrogens with one attached hydrogen (secondary N) is 1. The minimum atomic E-state index is -3.66. The van der Waals surface area contributed by atoms with E-state index in [4.69, 9.17) is 20.8 Å². The van der Waals surface area contributed by atoms with Crippen LogP contribution in [-0.4, -0.2) is 73.5 Å². The van der Waals surface area contributed by atoms with Gasteiger partial charge in [-0.1, -0.05) is 12.1 Å². The van der Waals surface area contributed by atoms with Crippen molar-refractivity contribution < 1.29 is 22.5 Å². The Morgan fingerprint density at radius 3 is 2.47 bits per heavy atom. The molecule has 2 amide bonds. The number of hydrogen-bond donors (Lipinski definition) is 4. The highest BCUT2D eigenvalue weighted by molar-refractivity contribution is 7.85. The zero-order chi connectivity index (χ0) is 23.9. The van der Waals surface area contributed by atoms with Crippen LogP contribution in [-0.2, 0) is 21.4 Å². The van der Waals surface area contributed by atoms with Crippen LogP contribution in [0.25, 0.3) is 0 Å². The number of ether oxygens (including phenoxy) is 1. The van der Waals surface area contributed by atoms with Gasteiger partial charge in [-0.3, -0.25) is 9.45 Å². The second-order valence-electron chi connectivity index (χ2n) is 7.57. The van der Waals surface area contributed by atoms with E-state index in [-0.39, 0.29) is 23.7 Å². The van der Waals surface area contributed by atoms with Gasteiger partial charge in [0.1, 0.15) is 5.66 Å². The number of rotatable bonds is 4. The van der Waals surface area contributed by atoms with Crippen molar-refractivity contribution >= 4 is 33.8 Å². The van der Waals surface area contributed by atoms with E-state index >= 15 is 0 Å².